The summed E-state index contributed by atoms with van der Waals surface area (Å²) in [6.07, 6.45) is 14.7. The quantitative estimate of drug-likeness (QED) is 0.122. The number of aliphatic hydroxyl groups is 2. The first-order valence-electron chi connectivity index (χ1n) is 10.7. The average molecular weight is 412 g/mol. The molecule has 1 amide bonds. The van der Waals surface area contributed by atoms with Crippen molar-refractivity contribution in [1.82, 2.24) is 5.32 Å². The number of rotatable bonds is 20. The lowest BCUT2D eigenvalue weighted by atomic mass is 9.77. The van der Waals surface area contributed by atoms with Gasteiger partial charge in [-0.2, -0.15) is 0 Å². The second-order valence-corrected chi connectivity index (χ2v) is 7.51. The zero-order valence-corrected chi connectivity index (χ0v) is 17.6. The zero-order chi connectivity index (χ0) is 22.0. The van der Waals surface area contributed by atoms with Crippen LogP contribution in [0.3, 0.4) is 0 Å². The number of nitrogens with one attached hydrogen (secondary N) is 1. The normalized spacial score (nSPS) is 14.9. The zero-order valence-electron chi connectivity index (χ0n) is 17.6. The molecule has 0 spiro atoms. The largest absolute Gasteiger partial charge is 0.386 e. The molecule has 2 atom stereocenters. The Hall–Kier alpha value is -1.86. The molecule has 0 saturated heterocycles. The predicted molar refractivity (Wildman–Crippen MR) is 111 cm³/mol. The van der Waals surface area contributed by atoms with Crippen molar-refractivity contribution in [1.29, 1.82) is 0 Å². The maximum atomic E-state index is 11.5. The van der Waals surface area contributed by atoms with Crippen LogP contribution < -0.4 is 5.32 Å². The Balaban J connectivity index is 4.27. The van der Waals surface area contributed by atoms with E-state index in [4.69, 9.17) is 0 Å². The highest BCUT2D eigenvalue weighted by Crippen LogP contribution is 2.22. The Morgan fingerprint density at radius 2 is 1.28 bits per heavy atom. The highest BCUT2D eigenvalue weighted by atomic mass is 16.3. The fraction of sp³-hybridized carbons (Fsp3) is 0.727. The lowest BCUT2D eigenvalue weighted by molar-refractivity contribution is -0.156. The van der Waals surface area contributed by atoms with Gasteiger partial charge in [0, 0.05) is 0 Å². The third-order valence-corrected chi connectivity index (χ3v) is 5.26. The van der Waals surface area contributed by atoms with Crippen LogP contribution in [0.25, 0.3) is 0 Å². The molecule has 7 nitrogen and oxygen atoms in total. The third kappa shape index (κ3) is 9.00. The lowest BCUT2D eigenvalue weighted by Gasteiger charge is -2.38. The number of unbranched alkanes of at least 4 members (excludes halogenated alkanes) is 11. The highest BCUT2D eigenvalue weighted by molar-refractivity contribution is 5.97. The number of aliphatic hydroxyl groups excluding tert-OH is 1. The Bertz CT molecular complexity index is 500. The van der Waals surface area contributed by atoms with Crippen molar-refractivity contribution in [3.63, 3.8) is 0 Å². The Morgan fingerprint density at radius 3 is 1.69 bits per heavy atom. The molecule has 29 heavy (non-hydrogen) atoms. The summed E-state index contributed by atoms with van der Waals surface area (Å²) in [5.74, 6) is 0. The van der Waals surface area contributed by atoms with Gasteiger partial charge >= 0.3 is 0 Å². The van der Waals surface area contributed by atoms with E-state index in [2.05, 4.69) is 6.92 Å². The van der Waals surface area contributed by atoms with Gasteiger partial charge in [0.15, 0.2) is 24.4 Å². The van der Waals surface area contributed by atoms with E-state index in [-0.39, 0.29) is 25.3 Å². The summed E-state index contributed by atoms with van der Waals surface area (Å²) in [5.41, 5.74) is -5.33. The van der Waals surface area contributed by atoms with Crippen LogP contribution >= 0.6 is 0 Å². The van der Waals surface area contributed by atoms with Crippen LogP contribution in [0, 0.1) is 0 Å². The maximum absolute atomic E-state index is 11.5. The minimum absolute atomic E-state index is 0.00145. The van der Waals surface area contributed by atoms with Gasteiger partial charge in [-0.1, -0.05) is 83.3 Å². The lowest BCUT2D eigenvalue weighted by Crippen LogP contribution is -2.71. The second kappa shape index (κ2) is 16.0. The smallest absolute Gasteiger partial charge is 0.208 e. The number of allylic oxidation sites excluding steroid dienone is 1. The van der Waals surface area contributed by atoms with Crippen molar-refractivity contribution in [3.05, 3.63) is 12.2 Å². The van der Waals surface area contributed by atoms with Crippen LogP contribution in [0.5, 0.6) is 0 Å². The monoisotopic (exact) mass is 411 g/mol. The molecule has 3 N–H and O–H groups in total. The first kappa shape index (κ1) is 27.1. The Labute approximate surface area is 173 Å². The fourth-order valence-electron chi connectivity index (χ4n) is 3.26. The van der Waals surface area contributed by atoms with Crippen molar-refractivity contribution >= 4 is 25.3 Å². The molecule has 0 aliphatic rings. The Morgan fingerprint density at radius 1 is 0.793 bits per heavy atom. The van der Waals surface area contributed by atoms with E-state index < -0.39 is 17.2 Å². The minimum Gasteiger partial charge on any atom is -0.386 e. The van der Waals surface area contributed by atoms with Crippen molar-refractivity contribution in [2.24, 2.45) is 0 Å². The molecule has 7 heteroatoms. The highest BCUT2D eigenvalue weighted by Gasteiger charge is 2.55. The second-order valence-electron chi connectivity index (χ2n) is 7.51. The topological polar surface area (TPSA) is 121 Å². The van der Waals surface area contributed by atoms with Gasteiger partial charge in [0.2, 0.25) is 12.0 Å². The van der Waals surface area contributed by atoms with Gasteiger partial charge in [0.05, 0.1) is 0 Å². The molecule has 0 heterocycles. The van der Waals surface area contributed by atoms with Gasteiger partial charge in [-0.25, -0.2) is 0 Å². The number of hydrogen-bond acceptors (Lipinski definition) is 6. The van der Waals surface area contributed by atoms with Gasteiger partial charge in [-0.05, 0) is 12.8 Å². The summed E-state index contributed by atoms with van der Waals surface area (Å²) < 4.78 is 0. The average Bonchev–Trinajstić information content (AvgIpc) is 2.74. The molecule has 0 fully saturated rings. The Kier molecular flexibility index (Phi) is 15.0. The van der Waals surface area contributed by atoms with E-state index in [1.807, 2.05) is 5.32 Å². The van der Waals surface area contributed by atoms with Crippen molar-refractivity contribution in [2.75, 3.05) is 0 Å². The molecule has 0 unspecified atom stereocenters. The summed E-state index contributed by atoms with van der Waals surface area (Å²) in [5, 5.41) is 22.2. The number of hydrogen-bond donors (Lipinski definition) is 3. The van der Waals surface area contributed by atoms with Gasteiger partial charge in [0.1, 0.15) is 6.10 Å². The summed E-state index contributed by atoms with van der Waals surface area (Å²) in [4.78, 5) is 44.5. The molecule has 0 aliphatic heterocycles. The van der Waals surface area contributed by atoms with Crippen LogP contribution in [0.1, 0.15) is 84.0 Å². The molecule has 0 aliphatic carbocycles. The SMILES string of the molecule is CCCCCCCCCCCCC/C=C/[C@@H](O)[C@@](C=O)(NC=O)C(O)(C=O)C=O. The molecule has 0 saturated carbocycles. The first-order chi connectivity index (χ1) is 14.0. The number of carbonyl (C=O) groups excluding carboxylic acids is 4. The van der Waals surface area contributed by atoms with E-state index in [9.17, 15) is 29.4 Å². The summed E-state index contributed by atoms with van der Waals surface area (Å²) in [7, 11) is 0. The van der Waals surface area contributed by atoms with E-state index >= 15 is 0 Å². The molecule has 0 aromatic rings. The molecule has 0 radical (unpaired) electrons. The minimum atomic E-state index is -2.87. The van der Waals surface area contributed by atoms with Gasteiger partial charge in [-0.3, -0.25) is 14.4 Å². The molecule has 0 aromatic carbocycles. The van der Waals surface area contributed by atoms with Gasteiger partial charge in [0.25, 0.3) is 0 Å². The van der Waals surface area contributed by atoms with Crippen LogP contribution in [-0.2, 0) is 19.2 Å². The van der Waals surface area contributed by atoms with Crippen molar-refractivity contribution in [3.8, 4) is 0 Å². The summed E-state index contributed by atoms with van der Waals surface area (Å²) in [6, 6.07) is 0. The van der Waals surface area contributed by atoms with E-state index in [1.54, 1.807) is 6.08 Å². The first-order valence-corrected chi connectivity index (χ1v) is 10.7. The van der Waals surface area contributed by atoms with Crippen molar-refractivity contribution in [2.45, 2.75) is 101 Å². The molecule has 0 aromatic heterocycles. The van der Waals surface area contributed by atoms with E-state index in [0.29, 0.717) is 6.42 Å². The molecule has 0 bridgehead atoms. The van der Waals surface area contributed by atoms with Gasteiger partial charge in [-0.15, -0.1) is 0 Å². The summed E-state index contributed by atoms with van der Waals surface area (Å²) in [6.45, 7) is 2.22. The number of amides is 1. The summed E-state index contributed by atoms with van der Waals surface area (Å²) >= 11 is 0. The predicted octanol–water partition coefficient (Wildman–Crippen LogP) is 2.42. The number of aldehydes is 3. The van der Waals surface area contributed by atoms with Crippen molar-refractivity contribution < 1.29 is 29.4 Å². The molecule has 0 rings (SSSR count). The molecular weight excluding hydrogens is 374 g/mol. The van der Waals surface area contributed by atoms with E-state index in [0.717, 1.165) is 19.3 Å². The van der Waals surface area contributed by atoms with E-state index in [1.165, 1.54) is 57.4 Å². The maximum Gasteiger partial charge on any atom is 0.208 e. The van der Waals surface area contributed by atoms with Crippen LogP contribution in [0.4, 0.5) is 0 Å². The van der Waals surface area contributed by atoms with Crippen LogP contribution in [0.15, 0.2) is 12.2 Å². The molecular formula is C22H37NO6. The fourth-order valence-corrected chi connectivity index (χ4v) is 3.26. The standard InChI is InChI=1S/C22H37NO6/c1-2-3-4-5-6-7-8-9-10-11-12-13-14-15-20(28)22(18-26,23-19-27)21(29,16-24)17-25/h14-20,28-29H,2-13H2,1H3,(H,23,27)/b15-14+/t20-,22-/m1/s1. The third-order valence-electron chi connectivity index (χ3n) is 5.26. The van der Waals surface area contributed by atoms with Crippen LogP contribution in [-0.4, -0.2) is 52.7 Å². The number of carbonyl (C=O) groups is 4. The van der Waals surface area contributed by atoms with Crippen LogP contribution in [0.2, 0.25) is 0 Å². The molecule has 166 valence electrons. The van der Waals surface area contributed by atoms with Gasteiger partial charge < -0.3 is 20.3 Å².